The molecule has 0 radical (unpaired) electrons. The summed E-state index contributed by atoms with van der Waals surface area (Å²) < 4.78 is 0. The van der Waals surface area contributed by atoms with Gasteiger partial charge in [0.15, 0.2) is 0 Å². The van der Waals surface area contributed by atoms with Crippen LogP contribution in [0.2, 0.25) is 0 Å². The van der Waals surface area contributed by atoms with Crippen molar-refractivity contribution in [2.24, 2.45) is 0 Å². The molecule has 0 aliphatic rings. The van der Waals surface area contributed by atoms with Crippen LogP contribution in [0.5, 0.6) is 0 Å². The van der Waals surface area contributed by atoms with Crippen LogP contribution in [0.25, 0.3) is 0 Å². The standard InChI is InChI=1S/C22H30N2O/c1-3-5-6-7-9-14-19(4-2)24(20-15-10-8-11-16-20)22(25)21-17-12-13-18-23-21/h8,10-13,15-19H,3-7,9,14H2,1-2H3. The van der Waals surface area contributed by atoms with Crippen molar-refractivity contribution in [2.75, 3.05) is 4.90 Å². The van der Waals surface area contributed by atoms with Gasteiger partial charge in [-0.2, -0.15) is 0 Å². The lowest BCUT2D eigenvalue weighted by atomic mass is 10.0. The second kappa shape index (κ2) is 10.7. The maximum Gasteiger partial charge on any atom is 0.277 e. The summed E-state index contributed by atoms with van der Waals surface area (Å²) in [5.41, 5.74) is 1.47. The van der Waals surface area contributed by atoms with Gasteiger partial charge in [0.25, 0.3) is 5.91 Å². The molecule has 0 spiro atoms. The zero-order chi connectivity index (χ0) is 17.9. The summed E-state index contributed by atoms with van der Waals surface area (Å²) in [6.45, 7) is 4.40. The highest BCUT2D eigenvalue weighted by Crippen LogP contribution is 2.24. The van der Waals surface area contributed by atoms with Crippen molar-refractivity contribution in [3.63, 3.8) is 0 Å². The lowest BCUT2D eigenvalue weighted by molar-refractivity contribution is 0.0969. The van der Waals surface area contributed by atoms with Crippen LogP contribution in [-0.4, -0.2) is 16.9 Å². The first-order chi connectivity index (χ1) is 12.3. The molecule has 1 aromatic heterocycles. The van der Waals surface area contributed by atoms with Crippen LogP contribution in [0.15, 0.2) is 54.7 Å². The van der Waals surface area contributed by atoms with Crippen molar-refractivity contribution < 1.29 is 4.79 Å². The van der Waals surface area contributed by atoms with Gasteiger partial charge in [-0.05, 0) is 37.1 Å². The third kappa shape index (κ3) is 5.70. The largest absolute Gasteiger partial charge is 0.304 e. The minimum atomic E-state index is -0.00721. The lowest BCUT2D eigenvalue weighted by Crippen LogP contribution is -2.40. The van der Waals surface area contributed by atoms with Gasteiger partial charge in [-0.1, -0.05) is 70.2 Å². The Kier molecular flexibility index (Phi) is 8.17. The van der Waals surface area contributed by atoms with Crippen molar-refractivity contribution >= 4 is 11.6 Å². The van der Waals surface area contributed by atoms with Crippen LogP contribution in [0, 0.1) is 0 Å². The van der Waals surface area contributed by atoms with Gasteiger partial charge in [-0.3, -0.25) is 9.78 Å². The second-order valence-corrected chi connectivity index (χ2v) is 6.49. The number of pyridine rings is 1. The van der Waals surface area contributed by atoms with E-state index in [1.165, 1.54) is 25.7 Å². The molecule has 0 aliphatic heterocycles. The molecule has 0 saturated heterocycles. The summed E-state index contributed by atoms with van der Waals surface area (Å²) in [6.07, 6.45) is 9.91. The highest BCUT2D eigenvalue weighted by Gasteiger charge is 2.25. The molecular formula is C22H30N2O. The molecule has 0 saturated carbocycles. The Labute approximate surface area is 152 Å². The SMILES string of the molecule is CCCCCCCC(CC)N(C(=O)c1ccccn1)c1ccccc1. The molecule has 0 bridgehead atoms. The molecule has 1 unspecified atom stereocenters. The van der Waals surface area contributed by atoms with Gasteiger partial charge in [0.2, 0.25) is 0 Å². The van der Waals surface area contributed by atoms with E-state index in [9.17, 15) is 4.79 Å². The van der Waals surface area contributed by atoms with E-state index in [1.54, 1.807) is 12.3 Å². The number of carbonyl (C=O) groups excluding carboxylic acids is 1. The van der Waals surface area contributed by atoms with Gasteiger partial charge in [-0.15, -0.1) is 0 Å². The molecule has 1 heterocycles. The number of aromatic nitrogens is 1. The minimum Gasteiger partial charge on any atom is -0.304 e. The van der Waals surface area contributed by atoms with Crippen LogP contribution in [0.3, 0.4) is 0 Å². The van der Waals surface area contributed by atoms with E-state index in [4.69, 9.17) is 0 Å². The first-order valence-electron chi connectivity index (χ1n) is 9.57. The van der Waals surface area contributed by atoms with Gasteiger partial charge in [-0.25, -0.2) is 0 Å². The van der Waals surface area contributed by atoms with Crippen LogP contribution >= 0.6 is 0 Å². The number of nitrogens with zero attached hydrogens (tertiary/aromatic N) is 2. The van der Waals surface area contributed by atoms with E-state index < -0.39 is 0 Å². The molecule has 1 atom stereocenters. The lowest BCUT2D eigenvalue weighted by Gasteiger charge is -2.31. The number of hydrogen-bond acceptors (Lipinski definition) is 2. The molecule has 0 fully saturated rings. The summed E-state index contributed by atoms with van der Waals surface area (Å²) in [4.78, 5) is 19.4. The molecule has 2 aromatic rings. The van der Waals surface area contributed by atoms with Crippen molar-refractivity contribution in [1.29, 1.82) is 0 Å². The third-order valence-electron chi connectivity index (χ3n) is 4.61. The predicted molar refractivity (Wildman–Crippen MR) is 105 cm³/mol. The number of rotatable bonds is 10. The molecule has 3 heteroatoms. The average molecular weight is 338 g/mol. The number of amides is 1. The van der Waals surface area contributed by atoms with E-state index in [1.807, 2.05) is 47.4 Å². The topological polar surface area (TPSA) is 33.2 Å². The molecule has 1 aromatic carbocycles. The smallest absolute Gasteiger partial charge is 0.277 e. The molecule has 25 heavy (non-hydrogen) atoms. The number of anilines is 1. The predicted octanol–water partition coefficient (Wildman–Crippen LogP) is 5.87. The summed E-state index contributed by atoms with van der Waals surface area (Å²) in [7, 11) is 0. The summed E-state index contributed by atoms with van der Waals surface area (Å²) in [5.74, 6) is -0.00721. The fourth-order valence-corrected chi connectivity index (χ4v) is 3.19. The Hall–Kier alpha value is -2.16. The molecule has 0 aliphatic carbocycles. The number of carbonyl (C=O) groups is 1. The maximum absolute atomic E-state index is 13.1. The van der Waals surface area contributed by atoms with Crippen molar-refractivity contribution in [1.82, 2.24) is 4.98 Å². The first kappa shape index (κ1) is 19.2. The average Bonchev–Trinajstić information content (AvgIpc) is 2.68. The Morgan fingerprint density at radius 2 is 1.68 bits per heavy atom. The van der Waals surface area contributed by atoms with Crippen LogP contribution in [0.1, 0.15) is 69.3 Å². The quantitative estimate of drug-likeness (QED) is 0.508. The normalized spacial score (nSPS) is 11.9. The fraction of sp³-hybridized carbons (Fsp3) is 0.455. The number of benzene rings is 1. The Morgan fingerprint density at radius 1 is 0.960 bits per heavy atom. The minimum absolute atomic E-state index is 0.00721. The number of hydrogen-bond donors (Lipinski definition) is 0. The monoisotopic (exact) mass is 338 g/mol. The number of para-hydroxylation sites is 1. The van der Waals surface area contributed by atoms with Crippen molar-refractivity contribution in [2.45, 2.75) is 64.8 Å². The highest BCUT2D eigenvalue weighted by atomic mass is 16.2. The van der Waals surface area contributed by atoms with E-state index >= 15 is 0 Å². The van der Waals surface area contributed by atoms with Crippen LogP contribution in [-0.2, 0) is 0 Å². The van der Waals surface area contributed by atoms with Crippen LogP contribution < -0.4 is 4.90 Å². The molecule has 134 valence electrons. The fourth-order valence-electron chi connectivity index (χ4n) is 3.19. The Bertz CT molecular complexity index is 612. The van der Waals surface area contributed by atoms with Crippen molar-refractivity contribution in [3.8, 4) is 0 Å². The summed E-state index contributed by atoms with van der Waals surface area (Å²) >= 11 is 0. The van der Waals surface area contributed by atoms with Crippen LogP contribution in [0.4, 0.5) is 5.69 Å². The van der Waals surface area contributed by atoms with Gasteiger partial charge in [0.1, 0.15) is 5.69 Å². The second-order valence-electron chi connectivity index (χ2n) is 6.49. The van der Waals surface area contributed by atoms with Gasteiger partial charge < -0.3 is 4.90 Å². The van der Waals surface area contributed by atoms with E-state index in [0.717, 1.165) is 24.9 Å². The van der Waals surface area contributed by atoms with E-state index in [0.29, 0.717) is 5.69 Å². The molecular weight excluding hydrogens is 308 g/mol. The Morgan fingerprint density at radius 3 is 2.32 bits per heavy atom. The van der Waals surface area contributed by atoms with Gasteiger partial charge in [0.05, 0.1) is 0 Å². The van der Waals surface area contributed by atoms with E-state index in [-0.39, 0.29) is 11.9 Å². The first-order valence-corrected chi connectivity index (χ1v) is 9.57. The summed E-state index contributed by atoms with van der Waals surface area (Å²) in [5, 5.41) is 0. The summed E-state index contributed by atoms with van der Waals surface area (Å²) in [6, 6.07) is 15.7. The molecule has 1 amide bonds. The zero-order valence-electron chi connectivity index (χ0n) is 15.5. The molecule has 3 nitrogen and oxygen atoms in total. The molecule has 2 rings (SSSR count). The maximum atomic E-state index is 13.1. The van der Waals surface area contributed by atoms with E-state index in [2.05, 4.69) is 18.8 Å². The Balaban J connectivity index is 2.17. The molecule has 0 N–H and O–H groups in total. The van der Waals surface area contributed by atoms with Gasteiger partial charge in [0, 0.05) is 17.9 Å². The van der Waals surface area contributed by atoms with Crippen molar-refractivity contribution in [3.05, 3.63) is 60.4 Å². The van der Waals surface area contributed by atoms with Gasteiger partial charge >= 0.3 is 0 Å². The zero-order valence-corrected chi connectivity index (χ0v) is 15.5. The third-order valence-corrected chi connectivity index (χ3v) is 4.61. The number of unbranched alkanes of at least 4 members (excludes halogenated alkanes) is 4. The highest BCUT2D eigenvalue weighted by molar-refractivity contribution is 6.05.